The second-order valence-electron chi connectivity index (χ2n) is 3.76. The molecule has 0 unspecified atom stereocenters. The van der Waals surface area contributed by atoms with Gasteiger partial charge in [0.1, 0.15) is 11.2 Å². The van der Waals surface area contributed by atoms with E-state index in [4.69, 9.17) is 0 Å². The first kappa shape index (κ1) is 10.1. The molecule has 0 atom stereocenters. The van der Waals surface area contributed by atoms with E-state index in [1.165, 1.54) is 0 Å². The molecule has 4 heteroatoms. The van der Waals surface area contributed by atoms with Crippen molar-refractivity contribution in [3.63, 3.8) is 0 Å². The fourth-order valence-corrected chi connectivity index (χ4v) is 2.40. The Kier molecular flexibility index (Phi) is 3.48. The van der Waals surface area contributed by atoms with Crippen molar-refractivity contribution in [1.82, 2.24) is 10.3 Å². The Balaban J connectivity index is 1.71. The molecule has 2 nitrogen and oxygen atoms in total. The van der Waals surface area contributed by atoms with Crippen LogP contribution in [0.1, 0.15) is 30.7 Å². The van der Waals surface area contributed by atoms with Crippen molar-refractivity contribution in [3.05, 3.63) is 16.6 Å². The molecule has 14 heavy (non-hydrogen) atoms. The molecule has 0 radical (unpaired) electrons. The fourth-order valence-electron chi connectivity index (χ4n) is 1.83. The molecule has 1 aromatic heterocycles. The molecule has 1 saturated carbocycles. The van der Waals surface area contributed by atoms with Crippen LogP contribution in [-0.4, -0.2) is 17.2 Å². The number of hydrogen-bond acceptors (Lipinski definition) is 3. The molecule has 1 aromatic rings. The first-order valence-corrected chi connectivity index (χ1v) is 5.98. The van der Waals surface area contributed by atoms with Gasteiger partial charge in [0, 0.05) is 24.2 Å². The number of aromatic nitrogens is 1. The number of rotatable bonds is 3. The summed E-state index contributed by atoms with van der Waals surface area (Å²) in [5.74, 6) is 0. The van der Waals surface area contributed by atoms with Gasteiger partial charge in [-0.25, -0.2) is 9.37 Å². The average molecular weight is 214 g/mol. The van der Waals surface area contributed by atoms with Gasteiger partial charge in [-0.2, -0.15) is 0 Å². The zero-order valence-corrected chi connectivity index (χ0v) is 8.89. The van der Waals surface area contributed by atoms with Crippen LogP contribution >= 0.6 is 11.3 Å². The third kappa shape index (κ3) is 2.75. The average Bonchev–Trinajstić information content (AvgIpc) is 2.70. The molecule has 0 bridgehead atoms. The summed E-state index contributed by atoms with van der Waals surface area (Å²) in [6.45, 7) is 0.833. The maximum atomic E-state index is 12.8. The molecule has 78 valence electrons. The van der Waals surface area contributed by atoms with E-state index in [-0.39, 0.29) is 0 Å². The van der Waals surface area contributed by atoms with Crippen molar-refractivity contribution in [2.24, 2.45) is 0 Å². The Morgan fingerprint density at radius 2 is 2.21 bits per heavy atom. The van der Waals surface area contributed by atoms with Crippen LogP contribution in [0.5, 0.6) is 0 Å². The summed E-state index contributed by atoms with van der Waals surface area (Å²) in [7, 11) is 0. The lowest BCUT2D eigenvalue weighted by atomic mass is 9.94. The van der Waals surface area contributed by atoms with Gasteiger partial charge in [-0.15, -0.1) is 11.3 Å². The smallest absolute Gasteiger partial charge is 0.106 e. The molecule has 0 saturated heterocycles. The predicted molar refractivity (Wildman–Crippen MR) is 56.1 cm³/mol. The highest BCUT2D eigenvalue weighted by molar-refractivity contribution is 7.09. The summed E-state index contributed by atoms with van der Waals surface area (Å²) in [6.07, 6.45) is 4.62. The van der Waals surface area contributed by atoms with Gasteiger partial charge in [-0.3, -0.25) is 0 Å². The lowest BCUT2D eigenvalue weighted by Gasteiger charge is -2.24. The van der Waals surface area contributed by atoms with E-state index in [1.54, 1.807) is 11.3 Å². The Labute approximate surface area is 87.6 Å². The summed E-state index contributed by atoms with van der Waals surface area (Å²) in [4.78, 5) is 4.20. The van der Waals surface area contributed by atoms with Gasteiger partial charge in [0.25, 0.3) is 0 Å². The Morgan fingerprint density at radius 1 is 1.43 bits per heavy atom. The minimum atomic E-state index is -0.562. The largest absolute Gasteiger partial charge is 0.308 e. The van der Waals surface area contributed by atoms with E-state index in [9.17, 15) is 4.39 Å². The topological polar surface area (TPSA) is 24.9 Å². The van der Waals surface area contributed by atoms with Crippen LogP contribution in [0.2, 0.25) is 0 Å². The minimum Gasteiger partial charge on any atom is -0.308 e. The number of nitrogens with one attached hydrogen (secondary N) is 1. The maximum Gasteiger partial charge on any atom is 0.106 e. The monoisotopic (exact) mass is 214 g/mol. The molecule has 2 rings (SSSR count). The second kappa shape index (κ2) is 4.84. The Bertz CT molecular complexity index is 255. The summed E-state index contributed by atoms with van der Waals surface area (Å²) < 4.78 is 12.8. The molecule has 1 aliphatic rings. The lowest BCUT2D eigenvalue weighted by Crippen LogP contribution is -2.33. The molecule has 0 aromatic carbocycles. The van der Waals surface area contributed by atoms with Crippen molar-refractivity contribution < 1.29 is 4.39 Å². The van der Waals surface area contributed by atoms with Crippen LogP contribution in [-0.2, 0) is 6.54 Å². The van der Waals surface area contributed by atoms with Gasteiger partial charge in [0.2, 0.25) is 0 Å². The van der Waals surface area contributed by atoms with E-state index in [2.05, 4.69) is 10.3 Å². The van der Waals surface area contributed by atoms with E-state index >= 15 is 0 Å². The number of thiazole rings is 1. The normalized spacial score (nSPS) is 27.8. The van der Waals surface area contributed by atoms with Crippen molar-refractivity contribution in [2.45, 2.75) is 44.4 Å². The fraction of sp³-hybridized carbons (Fsp3) is 0.700. The summed E-state index contributed by atoms with van der Waals surface area (Å²) in [5.41, 5.74) is 0. The number of hydrogen-bond donors (Lipinski definition) is 1. The molecule has 0 amide bonds. The van der Waals surface area contributed by atoms with Crippen LogP contribution in [0.25, 0.3) is 0 Å². The zero-order chi connectivity index (χ0) is 9.80. The highest BCUT2D eigenvalue weighted by Gasteiger charge is 2.19. The molecule has 1 heterocycles. The first-order chi connectivity index (χ1) is 6.84. The quantitative estimate of drug-likeness (QED) is 0.836. The molecule has 1 N–H and O–H groups in total. The molecule has 1 aliphatic carbocycles. The summed E-state index contributed by atoms with van der Waals surface area (Å²) >= 11 is 1.66. The lowest BCUT2D eigenvalue weighted by molar-refractivity contribution is 0.219. The standard InChI is InChI=1S/C10H15FN2S/c11-8-1-3-9(4-2-8)13-7-10-12-5-6-14-10/h5-6,8-9,13H,1-4,7H2. The van der Waals surface area contributed by atoms with Gasteiger partial charge in [0.05, 0.1) is 0 Å². The maximum absolute atomic E-state index is 12.8. The van der Waals surface area contributed by atoms with E-state index in [0.717, 1.165) is 37.2 Å². The predicted octanol–water partition coefficient (Wildman–Crippen LogP) is 2.51. The third-order valence-corrected chi connectivity index (χ3v) is 3.46. The van der Waals surface area contributed by atoms with Gasteiger partial charge in [-0.1, -0.05) is 0 Å². The highest BCUT2D eigenvalue weighted by Crippen LogP contribution is 2.21. The van der Waals surface area contributed by atoms with Gasteiger partial charge >= 0.3 is 0 Å². The van der Waals surface area contributed by atoms with Crippen molar-refractivity contribution in [3.8, 4) is 0 Å². The van der Waals surface area contributed by atoms with E-state index in [1.807, 2.05) is 11.6 Å². The van der Waals surface area contributed by atoms with Gasteiger partial charge < -0.3 is 5.32 Å². The van der Waals surface area contributed by atoms with Gasteiger partial charge in [-0.05, 0) is 25.7 Å². The second-order valence-corrected chi connectivity index (χ2v) is 4.73. The van der Waals surface area contributed by atoms with Crippen LogP contribution in [0.4, 0.5) is 4.39 Å². The molecule has 0 spiro atoms. The third-order valence-electron chi connectivity index (χ3n) is 2.68. The number of nitrogens with zero attached hydrogens (tertiary/aromatic N) is 1. The minimum absolute atomic E-state index is 0.492. The van der Waals surface area contributed by atoms with Crippen molar-refractivity contribution >= 4 is 11.3 Å². The summed E-state index contributed by atoms with van der Waals surface area (Å²) in [5, 5.41) is 6.53. The number of halogens is 1. The van der Waals surface area contributed by atoms with Crippen LogP contribution in [0, 0.1) is 0 Å². The first-order valence-electron chi connectivity index (χ1n) is 5.10. The van der Waals surface area contributed by atoms with Crippen molar-refractivity contribution in [1.29, 1.82) is 0 Å². The molecular weight excluding hydrogens is 199 g/mol. The summed E-state index contributed by atoms with van der Waals surface area (Å²) in [6, 6.07) is 0.492. The van der Waals surface area contributed by atoms with Crippen molar-refractivity contribution in [2.75, 3.05) is 0 Å². The van der Waals surface area contributed by atoms with Gasteiger partial charge in [0.15, 0.2) is 0 Å². The Morgan fingerprint density at radius 3 is 2.86 bits per heavy atom. The van der Waals surface area contributed by atoms with Crippen LogP contribution in [0.3, 0.4) is 0 Å². The van der Waals surface area contributed by atoms with E-state index < -0.39 is 6.17 Å². The Hall–Kier alpha value is -0.480. The SMILES string of the molecule is FC1CCC(NCc2nccs2)CC1. The highest BCUT2D eigenvalue weighted by atomic mass is 32.1. The molecule has 1 fully saturated rings. The van der Waals surface area contributed by atoms with Crippen LogP contribution < -0.4 is 5.32 Å². The zero-order valence-electron chi connectivity index (χ0n) is 8.08. The van der Waals surface area contributed by atoms with E-state index in [0.29, 0.717) is 6.04 Å². The number of alkyl halides is 1. The van der Waals surface area contributed by atoms with Crippen LogP contribution in [0.15, 0.2) is 11.6 Å². The molecular formula is C10H15FN2S. The molecule has 0 aliphatic heterocycles.